The van der Waals surface area contributed by atoms with Crippen LogP contribution < -0.4 is 4.90 Å². The van der Waals surface area contributed by atoms with E-state index in [0.29, 0.717) is 5.82 Å². The Morgan fingerprint density at radius 1 is 0.553 bits per heavy atom. The molecule has 218 valence electrons. The number of anilines is 3. The summed E-state index contributed by atoms with van der Waals surface area (Å²) in [6.45, 7) is 0. The first kappa shape index (κ1) is 25.2. The van der Waals surface area contributed by atoms with Gasteiger partial charge in [0.05, 0.1) is 16.9 Å². The van der Waals surface area contributed by atoms with Crippen molar-refractivity contribution in [2.45, 2.75) is 0 Å². The van der Waals surface area contributed by atoms with Gasteiger partial charge < -0.3 is 4.42 Å². The van der Waals surface area contributed by atoms with Gasteiger partial charge in [0.2, 0.25) is 0 Å². The van der Waals surface area contributed by atoms with E-state index >= 15 is 0 Å². The fourth-order valence-corrected chi connectivity index (χ4v) is 8.77. The molecule has 4 nitrogen and oxygen atoms in total. The average molecular weight is 618 g/mol. The highest BCUT2D eigenvalue weighted by Gasteiger charge is 2.32. The smallest absolute Gasteiger partial charge is 0.163 e. The van der Waals surface area contributed by atoms with Gasteiger partial charge in [0.15, 0.2) is 11.4 Å². The van der Waals surface area contributed by atoms with Crippen LogP contribution in [0.2, 0.25) is 0 Å². The van der Waals surface area contributed by atoms with Gasteiger partial charge >= 0.3 is 0 Å². The number of para-hydroxylation sites is 3. The largest absolute Gasteiger partial charge is 0.454 e. The lowest BCUT2D eigenvalue weighted by atomic mass is 9.90. The number of furan rings is 1. The third-order valence-corrected chi connectivity index (χ3v) is 10.8. The van der Waals surface area contributed by atoms with Gasteiger partial charge in [-0.1, -0.05) is 97.1 Å². The number of thiophene rings is 1. The maximum Gasteiger partial charge on any atom is 0.163 e. The molecule has 10 aromatic rings. The first-order valence-electron chi connectivity index (χ1n) is 15.8. The normalized spacial score (nSPS) is 12.6. The predicted molar refractivity (Wildman–Crippen MR) is 196 cm³/mol. The van der Waals surface area contributed by atoms with E-state index in [4.69, 9.17) is 14.4 Å². The van der Waals surface area contributed by atoms with Gasteiger partial charge in [0.1, 0.15) is 11.4 Å². The first-order valence-corrected chi connectivity index (χ1v) is 16.6. The van der Waals surface area contributed by atoms with Crippen molar-refractivity contribution in [3.63, 3.8) is 0 Å². The predicted octanol–water partition coefficient (Wildman–Crippen LogP) is 12.2. The van der Waals surface area contributed by atoms with Gasteiger partial charge in [0.25, 0.3) is 0 Å². The fourth-order valence-electron chi connectivity index (χ4n) is 7.56. The molecule has 3 aromatic heterocycles. The van der Waals surface area contributed by atoms with Crippen molar-refractivity contribution < 1.29 is 4.42 Å². The third kappa shape index (κ3) is 3.41. The van der Waals surface area contributed by atoms with Gasteiger partial charge in [-0.2, -0.15) is 0 Å². The minimum Gasteiger partial charge on any atom is -0.454 e. The molecule has 0 radical (unpaired) electrons. The number of hydrogen-bond acceptors (Lipinski definition) is 5. The van der Waals surface area contributed by atoms with Crippen LogP contribution in [0.1, 0.15) is 0 Å². The Morgan fingerprint density at radius 3 is 2.23 bits per heavy atom. The second-order valence-corrected chi connectivity index (χ2v) is 13.2. The molecule has 0 bridgehead atoms. The van der Waals surface area contributed by atoms with Crippen LogP contribution >= 0.6 is 11.3 Å². The lowest BCUT2D eigenvalue weighted by molar-refractivity contribution is 0.669. The molecule has 1 aliphatic heterocycles. The number of rotatable bonds is 2. The molecule has 47 heavy (non-hydrogen) atoms. The molecular weight excluding hydrogens is 595 g/mol. The highest BCUT2D eigenvalue weighted by molar-refractivity contribution is 7.26. The maximum absolute atomic E-state index is 6.77. The molecule has 7 aromatic carbocycles. The van der Waals surface area contributed by atoms with Crippen LogP contribution in [-0.2, 0) is 0 Å². The second kappa shape index (κ2) is 9.25. The van der Waals surface area contributed by atoms with E-state index in [1.807, 2.05) is 6.07 Å². The summed E-state index contributed by atoms with van der Waals surface area (Å²) in [7, 11) is 0. The molecule has 0 aliphatic carbocycles. The zero-order valence-corrected chi connectivity index (χ0v) is 25.8. The summed E-state index contributed by atoms with van der Waals surface area (Å²) in [5.74, 6) is 1.54. The zero-order chi connectivity index (χ0) is 30.6. The van der Waals surface area contributed by atoms with Crippen molar-refractivity contribution >= 4 is 92.3 Å². The van der Waals surface area contributed by atoms with Crippen LogP contribution in [0, 0.1) is 0 Å². The van der Waals surface area contributed by atoms with E-state index in [2.05, 4.69) is 138 Å². The van der Waals surface area contributed by atoms with E-state index in [0.717, 1.165) is 66.5 Å². The van der Waals surface area contributed by atoms with E-state index in [9.17, 15) is 0 Å². The molecule has 0 saturated heterocycles. The van der Waals surface area contributed by atoms with Crippen LogP contribution in [0.25, 0.3) is 86.3 Å². The summed E-state index contributed by atoms with van der Waals surface area (Å²) in [5.41, 5.74) is 8.10. The Labute approximate surface area is 272 Å². The number of hydrogen-bond donors (Lipinski definition) is 0. The molecule has 0 spiro atoms. The SMILES string of the molecule is c1ccc2c(c1)-c1cccc3cc4c(oc5ccccc54)c(c13)N2c1nc(-c2cccc3c2sc2ccccc23)nc2ccccc12. The first-order chi connectivity index (χ1) is 23.3. The van der Waals surface area contributed by atoms with Crippen LogP contribution in [0.4, 0.5) is 17.2 Å². The number of nitrogens with zero attached hydrogens (tertiary/aromatic N) is 3. The van der Waals surface area contributed by atoms with Crippen molar-refractivity contribution in [1.82, 2.24) is 9.97 Å². The minimum atomic E-state index is 0.709. The number of fused-ring (bicyclic) bond motifs is 10. The van der Waals surface area contributed by atoms with E-state index < -0.39 is 0 Å². The lowest BCUT2D eigenvalue weighted by Gasteiger charge is -2.33. The molecule has 11 rings (SSSR count). The monoisotopic (exact) mass is 617 g/mol. The highest BCUT2D eigenvalue weighted by Crippen LogP contribution is 2.55. The molecule has 0 amide bonds. The topological polar surface area (TPSA) is 42.2 Å². The standard InChI is InChI=1S/C42H23N3OS/c1-5-19-33-30(15-1)42(44-41(43-33)31-18-10-17-29-27-14-4-8-22-36(27)47-40(29)31)45-34-20-6-2-12-25(34)28-16-9-11-24-23-32-26-13-3-7-21-35(26)46-39(32)38(45)37(24)28/h1-23H. The van der Waals surface area contributed by atoms with Crippen molar-refractivity contribution in [3.8, 4) is 22.5 Å². The molecule has 0 atom stereocenters. The van der Waals surface area contributed by atoms with Crippen LogP contribution in [0.5, 0.6) is 0 Å². The lowest BCUT2D eigenvalue weighted by Crippen LogP contribution is -2.17. The third-order valence-electron chi connectivity index (χ3n) is 9.58. The number of aromatic nitrogens is 2. The average Bonchev–Trinajstić information content (AvgIpc) is 3.70. The number of benzene rings is 7. The maximum atomic E-state index is 6.77. The Morgan fingerprint density at radius 2 is 1.28 bits per heavy atom. The van der Waals surface area contributed by atoms with Crippen LogP contribution in [0.3, 0.4) is 0 Å². The van der Waals surface area contributed by atoms with Gasteiger partial charge in [0, 0.05) is 52.8 Å². The highest BCUT2D eigenvalue weighted by atomic mass is 32.1. The van der Waals surface area contributed by atoms with Gasteiger partial charge in [-0.05, 0) is 53.4 Å². The molecule has 0 fully saturated rings. The Balaban J connectivity index is 1.29. The molecular formula is C42H23N3OS. The van der Waals surface area contributed by atoms with Crippen molar-refractivity contribution in [1.29, 1.82) is 0 Å². The molecule has 4 heterocycles. The quantitative estimate of drug-likeness (QED) is 0.194. The summed E-state index contributed by atoms with van der Waals surface area (Å²) >= 11 is 1.80. The minimum absolute atomic E-state index is 0.709. The van der Waals surface area contributed by atoms with Gasteiger partial charge in [-0.25, -0.2) is 9.97 Å². The van der Waals surface area contributed by atoms with Crippen LogP contribution in [0.15, 0.2) is 144 Å². The van der Waals surface area contributed by atoms with Crippen LogP contribution in [-0.4, -0.2) is 9.97 Å². The van der Waals surface area contributed by atoms with E-state index in [1.165, 1.54) is 31.1 Å². The Bertz CT molecular complexity index is 2940. The summed E-state index contributed by atoms with van der Waals surface area (Å²) in [6, 6.07) is 49.3. The Kier molecular flexibility index (Phi) is 4.96. The molecule has 1 aliphatic rings. The van der Waals surface area contributed by atoms with Crippen molar-refractivity contribution in [2.75, 3.05) is 4.90 Å². The van der Waals surface area contributed by atoms with E-state index in [1.54, 1.807) is 11.3 Å². The van der Waals surface area contributed by atoms with Crippen molar-refractivity contribution in [2.24, 2.45) is 0 Å². The van der Waals surface area contributed by atoms with Gasteiger partial charge in [-0.3, -0.25) is 4.90 Å². The fraction of sp³-hybridized carbons (Fsp3) is 0. The molecule has 0 N–H and O–H groups in total. The summed E-state index contributed by atoms with van der Waals surface area (Å²) in [5, 5.41) is 8.00. The van der Waals surface area contributed by atoms with E-state index in [-0.39, 0.29) is 0 Å². The molecule has 0 saturated carbocycles. The summed E-state index contributed by atoms with van der Waals surface area (Å²) in [6.07, 6.45) is 0. The molecule has 5 heteroatoms. The molecule has 0 unspecified atom stereocenters. The second-order valence-electron chi connectivity index (χ2n) is 12.1. The van der Waals surface area contributed by atoms with Gasteiger partial charge in [-0.15, -0.1) is 11.3 Å². The van der Waals surface area contributed by atoms with Crippen molar-refractivity contribution in [3.05, 3.63) is 140 Å². The summed E-state index contributed by atoms with van der Waals surface area (Å²) in [4.78, 5) is 13.1. The zero-order valence-electron chi connectivity index (χ0n) is 24.9. The Hall–Kier alpha value is -6.04. The summed E-state index contributed by atoms with van der Waals surface area (Å²) < 4.78 is 9.23.